The Morgan fingerprint density at radius 1 is 1.12 bits per heavy atom. The van der Waals surface area contributed by atoms with Gasteiger partial charge in [-0.05, 0) is 51.3 Å². The van der Waals surface area contributed by atoms with Crippen LogP contribution in [-0.4, -0.2) is 47.1 Å². The number of rotatable bonds is 11. The van der Waals surface area contributed by atoms with Crippen molar-refractivity contribution in [3.8, 4) is 11.5 Å². The fourth-order valence-corrected chi connectivity index (χ4v) is 4.68. The largest absolute Gasteiger partial charge is 0.496 e. The van der Waals surface area contributed by atoms with E-state index >= 15 is 0 Å². The number of aromatic nitrogens is 1. The third kappa shape index (κ3) is 6.14. The maximum atomic E-state index is 13.6. The van der Waals surface area contributed by atoms with Gasteiger partial charge in [-0.3, -0.25) is 4.79 Å². The highest BCUT2D eigenvalue weighted by atomic mass is 32.1. The van der Waals surface area contributed by atoms with Gasteiger partial charge < -0.3 is 19.5 Å². The lowest BCUT2D eigenvalue weighted by molar-refractivity contribution is 0.0690. The zero-order valence-electron chi connectivity index (χ0n) is 20.0. The number of aromatic carboxylic acids is 1. The molecule has 34 heavy (non-hydrogen) atoms. The number of hydrogen-bond donors (Lipinski definition) is 1. The zero-order valence-corrected chi connectivity index (χ0v) is 20.8. The van der Waals surface area contributed by atoms with Crippen LogP contribution in [0.3, 0.4) is 0 Å². The number of thiazole rings is 1. The van der Waals surface area contributed by atoms with Crippen molar-refractivity contribution >= 4 is 23.2 Å². The second-order valence-corrected chi connectivity index (χ2v) is 9.16. The molecule has 0 saturated carbocycles. The molecule has 0 aliphatic carbocycles. The van der Waals surface area contributed by atoms with Crippen molar-refractivity contribution in [2.24, 2.45) is 0 Å². The van der Waals surface area contributed by atoms with Crippen LogP contribution in [0.15, 0.2) is 42.5 Å². The zero-order chi connectivity index (χ0) is 24.7. The molecule has 1 heterocycles. The van der Waals surface area contributed by atoms with Gasteiger partial charge in [0.05, 0.1) is 20.3 Å². The first kappa shape index (κ1) is 25.2. The number of methoxy groups -OCH3 is 1. The van der Waals surface area contributed by atoms with Crippen molar-refractivity contribution in [3.05, 3.63) is 74.7 Å². The smallest absolute Gasteiger partial charge is 0.355 e. The summed E-state index contributed by atoms with van der Waals surface area (Å²) in [6.07, 6.45) is 1.58. The minimum atomic E-state index is -1.06. The van der Waals surface area contributed by atoms with E-state index in [0.717, 1.165) is 18.4 Å². The third-order valence-corrected chi connectivity index (χ3v) is 6.43. The molecule has 0 fully saturated rings. The van der Waals surface area contributed by atoms with Gasteiger partial charge in [0.25, 0.3) is 5.91 Å². The van der Waals surface area contributed by atoms with Crippen molar-refractivity contribution in [2.75, 3.05) is 20.3 Å². The number of benzene rings is 2. The monoisotopic (exact) mass is 482 g/mol. The summed E-state index contributed by atoms with van der Waals surface area (Å²) in [4.78, 5) is 31.7. The molecule has 0 aliphatic heterocycles. The van der Waals surface area contributed by atoms with Crippen LogP contribution in [0.2, 0.25) is 0 Å². The molecule has 180 valence electrons. The SMILES string of the molecule is CCOc1cc(C(=O)N(CCCc2ccccc2)Cc2nc(C(=O)O)c(C)s2)cc(OC)c1C. The van der Waals surface area contributed by atoms with Crippen molar-refractivity contribution in [3.63, 3.8) is 0 Å². The number of ether oxygens (including phenoxy) is 2. The maximum Gasteiger partial charge on any atom is 0.355 e. The van der Waals surface area contributed by atoms with Crippen molar-refractivity contribution in [2.45, 2.75) is 40.2 Å². The number of carboxylic acid groups (broad SMARTS) is 1. The van der Waals surface area contributed by atoms with Gasteiger partial charge in [0.2, 0.25) is 0 Å². The lowest BCUT2D eigenvalue weighted by atomic mass is 10.1. The molecule has 0 atom stereocenters. The Bertz CT molecular complexity index is 1140. The Kier molecular flexibility index (Phi) is 8.65. The quantitative estimate of drug-likeness (QED) is 0.407. The van der Waals surface area contributed by atoms with Gasteiger partial charge >= 0.3 is 5.97 Å². The van der Waals surface area contributed by atoms with Gasteiger partial charge in [-0.1, -0.05) is 30.3 Å². The number of amides is 1. The fourth-order valence-electron chi connectivity index (χ4n) is 3.74. The Hall–Kier alpha value is -3.39. The Morgan fingerprint density at radius 3 is 2.44 bits per heavy atom. The van der Waals surface area contributed by atoms with Crippen LogP contribution in [0, 0.1) is 13.8 Å². The predicted octanol–water partition coefficient (Wildman–Crippen LogP) is 5.14. The predicted molar refractivity (Wildman–Crippen MR) is 132 cm³/mol. The summed E-state index contributed by atoms with van der Waals surface area (Å²) >= 11 is 1.30. The summed E-state index contributed by atoms with van der Waals surface area (Å²) in [6.45, 7) is 6.70. The van der Waals surface area contributed by atoms with Crippen LogP contribution in [0.25, 0.3) is 0 Å². The molecule has 2 aromatic carbocycles. The fraction of sp³-hybridized carbons (Fsp3) is 0.346. The molecular formula is C26H30N2O5S. The van der Waals surface area contributed by atoms with E-state index in [1.807, 2.05) is 32.0 Å². The van der Waals surface area contributed by atoms with Gasteiger partial charge in [0.1, 0.15) is 16.5 Å². The summed E-state index contributed by atoms with van der Waals surface area (Å²) in [6, 6.07) is 13.6. The summed E-state index contributed by atoms with van der Waals surface area (Å²) in [5, 5.41) is 9.96. The summed E-state index contributed by atoms with van der Waals surface area (Å²) < 4.78 is 11.2. The highest BCUT2D eigenvalue weighted by Crippen LogP contribution is 2.31. The second-order valence-electron chi connectivity index (χ2n) is 7.87. The number of carbonyl (C=O) groups excluding carboxylic acids is 1. The van der Waals surface area contributed by atoms with E-state index in [0.29, 0.717) is 40.1 Å². The topological polar surface area (TPSA) is 89.0 Å². The summed E-state index contributed by atoms with van der Waals surface area (Å²) in [7, 11) is 1.57. The Labute approximate surface area is 204 Å². The van der Waals surface area contributed by atoms with Crippen molar-refractivity contribution < 1.29 is 24.2 Å². The van der Waals surface area contributed by atoms with E-state index in [9.17, 15) is 14.7 Å². The van der Waals surface area contributed by atoms with Gasteiger partial charge in [0.15, 0.2) is 5.69 Å². The molecule has 0 unspecified atom stereocenters. The molecule has 1 amide bonds. The maximum absolute atomic E-state index is 13.6. The van der Waals surface area contributed by atoms with E-state index in [-0.39, 0.29) is 18.1 Å². The van der Waals surface area contributed by atoms with E-state index < -0.39 is 5.97 Å². The number of carbonyl (C=O) groups is 2. The van der Waals surface area contributed by atoms with Gasteiger partial charge in [-0.15, -0.1) is 11.3 Å². The molecule has 0 bridgehead atoms. The van der Waals surface area contributed by atoms with Gasteiger partial charge in [-0.25, -0.2) is 9.78 Å². The summed E-state index contributed by atoms with van der Waals surface area (Å²) in [5.74, 6) is -0.0619. The lowest BCUT2D eigenvalue weighted by Gasteiger charge is -2.23. The normalized spacial score (nSPS) is 10.7. The van der Waals surface area contributed by atoms with E-state index in [4.69, 9.17) is 9.47 Å². The minimum absolute atomic E-state index is 0.0346. The molecule has 3 aromatic rings. The first-order valence-corrected chi connectivity index (χ1v) is 12.0. The highest BCUT2D eigenvalue weighted by Gasteiger charge is 2.22. The summed E-state index contributed by atoms with van der Waals surface area (Å²) in [5.41, 5.74) is 2.52. The standard InChI is InChI=1S/C26H30N2O5S/c1-5-33-22-15-20(14-21(32-4)17(22)2)25(29)28(13-9-12-19-10-7-6-8-11-19)16-23-27-24(26(30)31)18(3)34-23/h6-8,10-11,14-15H,5,9,12-13,16H2,1-4H3,(H,30,31). The average molecular weight is 483 g/mol. The van der Waals surface area contributed by atoms with E-state index in [1.165, 1.54) is 16.9 Å². The number of nitrogens with zero attached hydrogens (tertiary/aromatic N) is 2. The Morgan fingerprint density at radius 2 is 1.82 bits per heavy atom. The van der Waals surface area contributed by atoms with Crippen LogP contribution >= 0.6 is 11.3 Å². The van der Waals surface area contributed by atoms with E-state index in [2.05, 4.69) is 17.1 Å². The highest BCUT2D eigenvalue weighted by molar-refractivity contribution is 7.11. The molecule has 8 heteroatoms. The van der Waals surface area contributed by atoms with E-state index in [1.54, 1.807) is 31.1 Å². The number of hydrogen-bond acceptors (Lipinski definition) is 6. The van der Waals surface area contributed by atoms with Crippen LogP contribution in [0.1, 0.15) is 55.2 Å². The molecule has 0 radical (unpaired) electrons. The lowest BCUT2D eigenvalue weighted by Crippen LogP contribution is -2.32. The third-order valence-electron chi connectivity index (χ3n) is 5.47. The second kappa shape index (κ2) is 11.7. The molecule has 0 aliphatic rings. The first-order chi connectivity index (χ1) is 16.3. The molecule has 1 N–H and O–H groups in total. The van der Waals surface area contributed by atoms with Gasteiger partial charge in [-0.2, -0.15) is 0 Å². The van der Waals surface area contributed by atoms with Crippen molar-refractivity contribution in [1.82, 2.24) is 9.88 Å². The van der Waals surface area contributed by atoms with Crippen LogP contribution in [0.4, 0.5) is 0 Å². The number of aryl methyl sites for hydroxylation is 2. The molecule has 7 nitrogen and oxygen atoms in total. The van der Waals surface area contributed by atoms with Crippen LogP contribution < -0.4 is 9.47 Å². The average Bonchev–Trinajstić information content (AvgIpc) is 3.20. The molecule has 3 rings (SSSR count). The van der Waals surface area contributed by atoms with Gasteiger partial charge in [0, 0.05) is 22.5 Å². The molecular weight excluding hydrogens is 452 g/mol. The van der Waals surface area contributed by atoms with Crippen LogP contribution in [0.5, 0.6) is 11.5 Å². The first-order valence-electron chi connectivity index (χ1n) is 11.2. The Balaban J connectivity index is 1.88. The molecule has 0 spiro atoms. The molecule has 0 saturated heterocycles. The number of carboxylic acids is 1. The minimum Gasteiger partial charge on any atom is -0.496 e. The van der Waals surface area contributed by atoms with Crippen LogP contribution in [-0.2, 0) is 13.0 Å². The molecule has 1 aromatic heterocycles. The van der Waals surface area contributed by atoms with Crippen molar-refractivity contribution in [1.29, 1.82) is 0 Å².